The quantitative estimate of drug-likeness (QED) is 0.463. The predicted molar refractivity (Wildman–Crippen MR) is 104 cm³/mol. The van der Waals surface area contributed by atoms with E-state index in [1.807, 2.05) is 0 Å². The fourth-order valence-electron chi connectivity index (χ4n) is 2.19. The van der Waals surface area contributed by atoms with Crippen molar-refractivity contribution in [3.05, 3.63) is 54.6 Å². The lowest BCUT2D eigenvalue weighted by atomic mass is 10.2. The topological polar surface area (TPSA) is 111 Å². The van der Waals surface area contributed by atoms with Crippen molar-refractivity contribution in [2.75, 3.05) is 30.4 Å². The molecule has 2 N–H and O–H groups in total. The van der Waals surface area contributed by atoms with Gasteiger partial charge in [0.1, 0.15) is 6.61 Å². The third kappa shape index (κ3) is 7.01. The van der Waals surface area contributed by atoms with Crippen molar-refractivity contribution in [1.29, 1.82) is 0 Å². The lowest BCUT2D eigenvalue weighted by Crippen LogP contribution is -2.16. The number of sulfonamides is 1. The molecule has 0 fully saturated rings. The van der Waals surface area contributed by atoms with Gasteiger partial charge in [-0.25, -0.2) is 8.42 Å². The first-order valence-corrected chi connectivity index (χ1v) is 10.0. The van der Waals surface area contributed by atoms with E-state index in [4.69, 9.17) is 9.47 Å². The number of benzene rings is 2. The summed E-state index contributed by atoms with van der Waals surface area (Å²) in [5.74, 6) is -0.859. The average molecular weight is 406 g/mol. The molecule has 0 bridgehead atoms. The predicted octanol–water partition coefficient (Wildman–Crippen LogP) is 2.40. The van der Waals surface area contributed by atoms with E-state index in [1.54, 1.807) is 30.3 Å². The smallest absolute Gasteiger partial charge is 0.306 e. The maximum Gasteiger partial charge on any atom is 0.306 e. The molecule has 0 aromatic heterocycles. The molecule has 0 aliphatic heterocycles. The van der Waals surface area contributed by atoms with Crippen molar-refractivity contribution in [3.63, 3.8) is 0 Å². The molecule has 0 atom stereocenters. The lowest BCUT2D eigenvalue weighted by molar-refractivity contribution is -0.145. The van der Waals surface area contributed by atoms with Crippen LogP contribution in [0.15, 0.2) is 59.5 Å². The van der Waals surface area contributed by atoms with E-state index in [1.165, 1.54) is 31.4 Å². The van der Waals surface area contributed by atoms with Crippen LogP contribution in [0, 0.1) is 0 Å². The first-order chi connectivity index (χ1) is 13.4. The highest BCUT2D eigenvalue weighted by Gasteiger charge is 2.14. The molecule has 0 radical (unpaired) electrons. The molecule has 0 aliphatic carbocycles. The van der Waals surface area contributed by atoms with Crippen LogP contribution in [0.5, 0.6) is 0 Å². The van der Waals surface area contributed by atoms with Crippen molar-refractivity contribution < 1.29 is 27.5 Å². The van der Waals surface area contributed by atoms with Gasteiger partial charge in [-0.05, 0) is 36.4 Å². The molecule has 8 nitrogen and oxygen atoms in total. The van der Waals surface area contributed by atoms with Gasteiger partial charge in [0, 0.05) is 24.9 Å². The van der Waals surface area contributed by atoms with Gasteiger partial charge < -0.3 is 14.8 Å². The van der Waals surface area contributed by atoms with Crippen LogP contribution >= 0.6 is 0 Å². The van der Waals surface area contributed by atoms with Gasteiger partial charge >= 0.3 is 5.97 Å². The van der Waals surface area contributed by atoms with Crippen molar-refractivity contribution in [3.8, 4) is 0 Å². The van der Waals surface area contributed by atoms with Gasteiger partial charge in [-0.1, -0.05) is 18.2 Å². The molecule has 150 valence electrons. The fourth-order valence-corrected chi connectivity index (χ4v) is 3.25. The number of para-hydroxylation sites is 1. The summed E-state index contributed by atoms with van der Waals surface area (Å²) in [6, 6.07) is 14.3. The largest absolute Gasteiger partial charge is 0.463 e. The number of carbonyl (C=O) groups excluding carboxylic acids is 2. The molecule has 2 rings (SSSR count). The molecule has 2 aromatic carbocycles. The number of anilines is 2. The normalized spacial score (nSPS) is 10.9. The van der Waals surface area contributed by atoms with Crippen LogP contribution < -0.4 is 10.0 Å². The van der Waals surface area contributed by atoms with Crippen LogP contribution in [-0.4, -0.2) is 40.6 Å². The maximum atomic E-state index is 12.4. The zero-order chi connectivity index (χ0) is 20.4. The first-order valence-electron chi connectivity index (χ1n) is 8.53. The van der Waals surface area contributed by atoms with Crippen LogP contribution in [0.1, 0.15) is 12.8 Å². The second kappa shape index (κ2) is 10.4. The Bertz CT molecular complexity index is 882. The van der Waals surface area contributed by atoms with E-state index in [-0.39, 0.29) is 30.3 Å². The minimum atomic E-state index is -3.73. The van der Waals surface area contributed by atoms with Crippen LogP contribution in [0.3, 0.4) is 0 Å². The summed E-state index contributed by atoms with van der Waals surface area (Å²) >= 11 is 0. The zero-order valence-electron chi connectivity index (χ0n) is 15.4. The van der Waals surface area contributed by atoms with E-state index in [0.717, 1.165) is 0 Å². The van der Waals surface area contributed by atoms with Gasteiger partial charge in [-0.2, -0.15) is 0 Å². The number of methoxy groups -OCH3 is 1. The van der Waals surface area contributed by atoms with E-state index in [9.17, 15) is 18.0 Å². The van der Waals surface area contributed by atoms with E-state index in [2.05, 4.69) is 10.0 Å². The Kier molecular flexibility index (Phi) is 7.97. The molecule has 2 aromatic rings. The molecular weight excluding hydrogens is 384 g/mol. The number of carbonyl (C=O) groups is 2. The molecular formula is C19H22N2O6S. The molecule has 1 amide bonds. The first kappa shape index (κ1) is 21.4. The lowest BCUT2D eigenvalue weighted by Gasteiger charge is -2.09. The monoisotopic (exact) mass is 406 g/mol. The van der Waals surface area contributed by atoms with Crippen molar-refractivity contribution in [1.82, 2.24) is 0 Å². The number of rotatable bonds is 10. The molecule has 0 aliphatic rings. The highest BCUT2D eigenvalue weighted by Crippen LogP contribution is 2.18. The van der Waals surface area contributed by atoms with E-state index in [0.29, 0.717) is 18.0 Å². The third-order valence-electron chi connectivity index (χ3n) is 3.58. The Labute approximate surface area is 163 Å². The number of hydrogen-bond donors (Lipinski definition) is 2. The van der Waals surface area contributed by atoms with Crippen LogP contribution in [0.4, 0.5) is 11.4 Å². The van der Waals surface area contributed by atoms with Crippen molar-refractivity contribution >= 4 is 33.3 Å². The van der Waals surface area contributed by atoms with Gasteiger partial charge in [-0.15, -0.1) is 0 Å². The summed E-state index contributed by atoms with van der Waals surface area (Å²) in [6.07, 6.45) is -0.0928. The zero-order valence-corrected chi connectivity index (χ0v) is 16.2. The fraction of sp³-hybridized carbons (Fsp3) is 0.263. The van der Waals surface area contributed by atoms with Crippen LogP contribution in [-0.2, 0) is 29.1 Å². The number of hydrogen-bond acceptors (Lipinski definition) is 6. The highest BCUT2D eigenvalue weighted by molar-refractivity contribution is 7.92. The minimum Gasteiger partial charge on any atom is -0.463 e. The molecule has 0 saturated carbocycles. The summed E-state index contributed by atoms with van der Waals surface area (Å²) < 4.78 is 36.8. The number of ether oxygens (including phenoxy) is 2. The van der Waals surface area contributed by atoms with E-state index < -0.39 is 16.0 Å². The van der Waals surface area contributed by atoms with Gasteiger partial charge in [0.2, 0.25) is 5.91 Å². The molecule has 0 heterocycles. The standard InChI is InChI=1S/C19H22N2O6S/c1-26-13-14-27-19(23)12-11-18(22)20-15-7-9-17(10-8-15)28(24,25)21-16-5-3-2-4-6-16/h2-10,21H,11-14H2,1H3,(H,20,22). The summed E-state index contributed by atoms with van der Waals surface area (Å²) in [5, 5.41) is 2.61. The SMILES string of the molecule is COCCOC(=O)CCC(=O)Nc1ccc(S(=O)(=O)Nc2ccccc2)cc1. The van der Waals surface area contributed by atoms with Crippen LogP contribution in [0.25, 0.3) is 0 Å². The summed E-state index contributed by atoms with van der Waals surface area (Å²) in [7, 11) is -2.23. The van der Waals surface area contributed by atoms with Crippen molar-refractivity contribution in [2.45, 2.75) is 17.7 Å². The highest BCUT2D eigenvalue weighted by atomic mass is 32.2. The molecule has 0 unspecified atom stereocenters. The molecule has 0 saturated heterocycles. The number of esters is 1. The van der Waals surface area contributed by atoms with Gasteiger partial charge in [0.05, 0.1) is 17.9 Å². The Hall–Kier alpha value is -2.91. The molecule has 0 spiro atoms. The Morgan fingerprint density at radius 3 is 2.21 bits per heavy atom. The second-order valence-electron chi connectivity index (χ2n) is 5.76. The summed E-state index contributed by atoms with van der Waals surface area (Å²) in [5.41, 5.74) is 0.883. The van der Waals surface area contributed by atoms with Gasteiger partial charge in [-0.3, -0.25) is 14.3 Å². The summed E-state index contributed by atoms with van der Waals surface area (Å²) in [4.78, 5) is 23.4. The molecule has 28 heavy (non-hydrogen) atoms. The number of nitrogens with one attached hydrogen (secondary N) is 2. The van der Waals surface area contributed by atoms with Crippen molar-refractivity contribution in [2.24, 2.45) is 0 Å². The number of amides is 1. The Balaban J connectivity index is 1.86. The summed E-state index contributed by atoms with van der Waals surface area (Å²) in [6.45, 7) is 0.441. The second-order valence-corrected chi connectivity index (χ2v) is 7.44. The Morgan fingerprint density at radius 1 is 0.893 bits per heavy atom. The molecule has 9 heteroatoms. The van der Waals surface area contributed by atoms with Gasteiger partial charge in [0.25, 0.3) is 10.0 Å². The third-order valence-corrected chi connectivity index (χ3v) is 4.98. The maximum absolute atomic E-state index is 12.4. The average Bonchev–Trinajstić information content (AvgIpc) is 2.67. The van der Waals surface area contributed by atoms with Crippen LogP contribution in [0.2, 0.25) is 0 Å². The Morgan fingerprint density at radius 2 is 1.57 bits per heavy atom. The van der Waals surface area contributed by atoms with E-state index >= 15 is 0 Å². The minimum absolute atomic E-state index is 0.0402. The van der Waals surface area contributed by atoms with Gasteiger partial charge in [0.15, 0.2) is 0 Å².